The number of rotatable bonds is 7. The van der Waals surface area contributed by atoms with Gasteiger partial charge < -0.3 is 9.47 Å². The number of imide groups is 2. The second kappa shape index (κ2) is 10.4. The molecule has 10 nitrogen and oxygen atoms in total. The number of nitro benzene ring substituents is 1. The van der Waals surface area contributed by atoms with Crippen molar-refractivity contribution in [3.63, 3.8) is 0 Å². The van der Waals surface area contributed by atoms with E-state index in [9.17, 15) is 24.5 Å². The van der Waals surface area contributed by atoms with Gasteiger partial charge in [0.05, 0.1) is 15.6 Å². The van der Waals surface area contributed by atoms with Crippen LogP contribution >= 0.6 is 22.6 Å². The maximum atomic E-state index is 13.0. The number of carbonyl (C=O) groups is 3. The largest absolute Gasteiger partial charge is 0.493 e. The van der Waals surface area contributed by atoms with E-state index in [-0.39, 0.29) is 23.9 Å². The number of barbiturate groups is 1. The molecule has 35 heavy (non-hydrogen) atoms. The average molecular weight is 591 g/mol. The SMILES string of the molecule is COc1cc(/C=C2\C(=O)NC(=O)N(C3CCCC3)C2=O)cc(I)c1OCc1cccc([N+](=O)[O-])c1. The first-order valence-corrected chi connectivity index (χ1v) is 12.0. The van der Waals surface area contributed by atoms with Crippen LogP contribution in [0, 0.1) is 13.7 Å². The monoisotopic (exact) mass is 591 g/mol. The Morgan fingerprint density at radius 1 is 1.20 bits per heavy atom. The van der Waals surface area contributed by atoms with Crippen molar-refractivity contribution >= 4 is 52.2 Å². The topological polar surface area (TPSA) is 128 Å². The van der Waals surface area contributed by atoms with Gasteiger partial charge in [0.15, 0.2) is 11.5 Å². The van der Waals surface area contributed by atoms with E-state index in [1.807, 2.05) is 22.6 Å². The Balaban J connectivity index is 1.59. The minimum Gasteiger partial charge on any atom is -0.493 e. The lowest BCUT2D eigenvalue weighted by molar-refractivity contribution is -0.384. The lowest BCUT2D eigenvalue weighted by atomic mass is 10.0. The van der Waals surface area contributed by atoms with Gasteiger partial charge in [-0.25, -0.2) is 4.79 Å². The van der Waals surface area contributed by atoms with Gasteiger partial charge in [0.25, 0.3) is 17.5 Å². The van der Waals surface area contributed by atoms with Crippen LogP contribution in [0.2, 0.25) is 0 Å². The van der Waals surface area contributed by atoms with Gasteiger partial charge in [0.2, 0.25) is 0 Å². The molecular weight excluding hydrogens is 569 g/mol. The van der Waals surface area contributed by atoms with Gasteiger partial charge >= 0.3 is 6.03 Å². The van der Waals surface area contributed by atoms with E-state index in [0.717, 1.165) is 30.6 Å². The molecule has 1 heterocycles. The summed E-state index contributed by atoms with van der Waals surface area (Å²) in [4.78, 5) is 49.5. The predicted octanol–water partition coefficient (Wildman–Crippen LogP) is 4.19. The van der Waals surface area contributed by atoms with E-state index in [1.165, 1.54) is 25.3 Å². The van der Waals surface area contributed by atoms with Gasteiger partial charge in [-0.2, -0.15) is 0 Å². The Hall–Kier alpha value is -3.48. The minimum atomic E-state index is -0.741. The zero-order valence-electron chi connectivity index (χ0n) is 18.8. The fraction of sp³-hybridized carbons (Fsp3) is 0.292. The molecule has 0 atom stereocenters. The number of non-ortho nitro benzene ring substituents is 1. The molecule has 2 aromatic rings. The van der Waals surface area contributed by atoms with Crippen LogP contribution in [0.4, 0.5) is 10.5 Å². The highest BCUT2D eigenvalue weighted by Crippen LogP contribution is 2.36. The molecule has 0 bridgehead atoms. The molecule has 0 unspecified atom stereocenters. The first-order valence-electron chi connectivity index (χ1n) is 10.9. The van der Waals surface area contributed by atoms with Crippen molar-refractivity contribution in [1.82, 2.24) is 10.2 Å². The second-order valence-electron chi connectivity index (χ2n) is 8.18. The Labute approximate surface area is 214 Å². The third-order valence-electron chi connectivity index (χ3n) is 5.89. The summed E-state index contributed by atoms with van der Waals surface area (Å²) in [6.07, 6.45) is 4.75. The number of hydrogen-bond acceptors (Lipinski definition) is 7. The summed E-state index contributed by atoms with van der Waals surface area (Å²) in [5, 5.41) is 13.3. The van der Waals surface area contributed by atoms with Crippen LogP contribution in [0.3, 0.4) is 0 Å². The Kier molecular flexibility index (Phi) is 7.34. The van der Waals surface area contributed by atoms with Crippen LogP contribution < -0.4 is 14.8 Å². The Morgan fingerprint density at radius 3 is 2.63 bits per heavy atom. The first-order chi connectivity index (χ1) is 16.8. The molecule has 4 rings (SSSR count). The zero-order valence-corrected chi connectivity index (χ0v) is 20.9. The van der Waals surface area contributed by atoms with Gasteiger partial charge in [-0.15, -0.1) is 0 Å². The molecule has 0 spiro atoms. The lowest BCUT2D eigenvalue weighted by Gasteiger charge is -2.31. The van der Waals surface area contributed by atoms with E-state index in [2.05, 4.69) is 5.32 Å². The van der Waals surface area contributed by atoms with E-state index in [1.54, 1.807) is 24.3 Å². The van der Waals surface area contributed by atoms with Crippen LogP contribution in [-0.2, 0) is 16.2 Å². The van der Waals surface area contributed by atoms with Crippen molar-refractivity contribution in [1.29, 1.82) is 0 Å². The normalized spacial score (nSPS) is 17.6. The lowest BCUT2D eigenvalue weighted by Crippen LogP contribution is -2.57. The molecule has 2 aliphatic rings. The van der Waals surface area contributed by atoms with Gasteiger partial charge in [0.1, 0.15) is 12.2 Å². The average Bonchev–Trinajstić information content (AvgIpc) is 3.35. The summed E-state index contributed by atoms with van der Waals surface area (Å²) in [6.45, 7) is 0.0772. The van der Waals surface area contributed by atoms with Crippen molar-refractivity contribution in [3.05, 3.63) is 66.8 Å². The Bertz CT molecular complexity index is 1240. The number of benzene rings is 2. The van der Waals surface area contributed by atoms with E-state index in [0.29, 0.717) is 26.2 Å². The third-order valence-corrected chi connectivity index (χ3v) is 6.69. The fourth-order valence-electron chi connectivity index (χ4n) is 4.21. The number of nitrogens with one attached hydrogen (secondary N) is 1. The van der Waals surface area contributed by atoms with Gasteiger partial charge in [-0.1, -0.05) is 25.0 Å². The second-order valence-corrected chi connectivity index (χ2v) is 9.34. The smallest absolute Gasteiger partial charge is 0.331 e. The molecule has 4 amide bonds. The standard InChI is InChI=1S/C24H22IN3O7/c1-34-20-12-15(10-18-22(29)26-24(31)27(23(18)30)16-6-2-3-7-16)11-19(25)21(20)35-13-14-5-4-8-17(9-14)28(32)33/h4-5,8-12,16H,2-3,6-7,13H2,1H3,(H,26,29,31)/b18-10+. The molecule has 1 aliphatic carbocycles. The van der Waals surface area contributed by atoms with Crippen molar-refractivity contribution < 1.29 is 28.8 Å². The van der Waals surface area contributed by atoms with Gasteiger partial charge in [0, 0.05) is 18.2 Å². The molecular formula is C24H22IN3O7. The quantitative estimate of drug-likeness (QED) is 0.168. The van der Waals surface area contributed by atoms with E-state index in [4.69, 9.17) is 9.47 Å². The summed E-state index contributed by atoms with van der Waals surface area (Å²) >= 11 is 2.05. The number of urea groups is 1. The zero-order chi connectivity index (χ0) is 25.1. The maximum Gasteiger partial charge on any atom is 0.331 e. The summed E-state index contributed by atoms with van der Waals surface area (Å²) < 4.78 is 12.0. The minimum absolute atomic E-state index is 0.0321. The van der Waals surface area contributed by atoms with Crippen LogP contribution in [0.15, 0.2) is 42.0 Å². The van der Waals surface area contributed by atoms with Crippen LogP contribution in [0.1, 0.15) is 36.8 Å². The molecule has 2 aromatic carbocycles. The highest BCUT2D eigenvalue weighted by Gasteiger charge is 2.40. The number of amides is 4. The molecule has 182 valence electrons. The van der Waals surface area contributed by atoms with Crippen molar-refractivity contribution in [2.45, 2.75) is 38.3 Å². The van der Waals surface area contributed by atoms with Crippen LogP contribution in [-0.4, -0.2) is 40.8 Å². The molecule has 0 aromatic heterocycles. The van der Waals surface area contributed by atoms with Crippen molar-refractivity contribution in [2.24, 2.45) is 0 Å². The number of nitrogens with zero attached hydrogens (tertiary/aromatic N) is 2. The predicted molar refractivity (Wildman–Crippen MR) is 134 cm³/mol. The number of hydrogen-bond donors (Lipinski definition) is 1. The molecule has 1 saturated heterocycles. The number of methoxy groups -OCH3 is 1. The highest BCUT2D eigenvalue weighted by molar-refractivity contribution is 14.1. The van der Waals surface area contributed by atoms with Crippen molar-refractivity contribution in [3.8, 4) is 11.5 Å². The molecule has 1 N–H and O–H groups in total. The van der Waals surface area contributed by atoms with Crippen molar-refractivity contribution in [2.75, 3.05) is 7.11 Å². The third kappa shape index (κ3) is 5.29. The van der Waals surface area contributed by atoms with Gasteiger partial charge in [-0.3, -0.25) is 29.9 Å². The molecule has 0 radical (unpaired) electrons. The fourth-order valence-corrected chi connectivity index (χ4v) is 4.99. The molecule has 2 fully saturated rings. The number of carbonyl (C=O) groups excluding carboxylic acids is 3. The first kappa shape index (κ1) is 24.6. The number of halogens is 1. The number of ether oxygens (including phenoxy) is 2. The molecule has 11 heteroatoms. The molecule has 1 aliphatic heterocycles. The van der Waals surface area contributed by atoms with Crippen LogP contribution in [0.5, 0.6) is 11.5 Å². The summed E-state index contributed by atoms with van der Waals surface area (Å²) in [6, 6.07) is 8.59. The van der Waals surface area contributed by atoms with Crippen LogP contribution in [0.25, 0.3) is 6.08 Å². The van der Waals surface area contributed by atoms with E-state index >= 15 is 0 Å². The highest BCUT2D eigenvalue weighted by atomic mass is 127. The summed E-state index contributed by atoms with van der Waals surface area (Å²) in [7, 11) is 1.46. The summed E-state index contributed by atoms with van der Waals surface area (Å²) in [5.74, 6) is -0.564. The summed E-state index contributed by atoms with van der Waals surface area (Å²) in [5.41, 5.74) is 0.979. The Morgan fingerprint density at radius 2 is 1.94 bits per heavy atom. The van der Waals surface area contributed by atoms with E-state index < -0.39 is 22.8 Å². The molecule has 1 saturated carbocycles. The number of nitro groups is 1. The van der Waals surface area contributed by atoms with Gasteiger partial charge in [-0.05, 0) is 64.8 Å². The maximum absolute atomic E-state index is 13.0.